The topological polar surface area (TPSA) is 83.8 Å². The molecule has 0 bridgehead atoms. The highest BCUT2D eigenvalue weighted by atomic mass is 16.5. The second-order valence-electron chi connectivity index (χ2n) is 4.23. The molecular formula is C14H18O5. The van der Waals surface area contributed by atoms with Gasteiger partial charge in [-0.1, -0.05) is 26.2 Å². The highest BCUT2D eigenvalue weighted by Gasteiger charge is 2.14. The smallest absolute Gasteiger partial charge is 0.339 e. The summed E-state index contributed by atoms with van der Waals surface area (Å²) in [5, 5.41) is 17.9. The van der Waals surface area contributed by atoms with Crippen molar-refractivity contribution in [3.8, 4) is 5.75 Å². The lowest BCUT2D eigenvalue weighted by Crippen LogP contribution is -2.07. The maximum atomic E-state index is 11.0. The van der Waals surface area contributed by atoms with E-state index in [-0.39, 0.29) is 16.9 Å². The van der Waals surface area contributed by atoms with Gasteiger partial charge < -0.3 is 14.9 Å². The van der Waals surface area contributed by atoms with Crippen molar-refractivity contribution < 1.29 is 24.5 Å². The lowest BCUT2D eigenvalue weighted by atomic mass is 10.1. The first-order valence-corrected chi connectivity index (χ1v) is 6.29. The van der Waals surface area contributed by atoms with Crippen LogP contribution in [0.15, 0.2) is 18.2 Å². The van der Waals surface area contributed by atoms with Gasteiger partial charge in [-0.3, -0.25) is 0 Å². The van der Waals surface area contributed by atoms with E-state index >= 15 is 0 Å². The third-order valence-corrected chi connectivity index (χ3v) is 2.71. The van der Waals surface area contributed by atoms with Crippen LogP contribution < -0.4 is 4.74 Å². The Morgan fingerprint density at radius 3 is 2.42 bits per heavy atom. The van der Waals surface area contributed by atoms with Gasteiger partial charge in [0.1, 0.15) is 11.3 Å². The molecule has 1 rings (SSSR count). The van der Waals surface area contributed by atoms with Gasteiger partial charge in [0.15, 0.2) is 0 Å². The van der Waals surface area contributed by atoms with E-state index in [1.54, 1.807) is 0 Å². The number of hydrogen-bond acceptors (Lipinski definition) is 3. The zero-order valence-corrected chi connectivity index (χ0v) is 10.9. The van der Waals surface area contributed by atoms with E-state index in [4.69, 9.17) is 14.9 Å². The van der Waals surface area contributed by atoms with Crippen molar-refractivity contribution in [1.29, 1.82) is 0 Å². The molecule has 0 fully saturated rings. The van der Waals surface area contributed by atoms with Crippen molar-refractivity contribution in [3.05, 3.63) is 29.3 Å². The second kappa shape index (κ2) is 7.41. The van der Waals surface area contributed by atoms with Gasteiger partial charge in [0.2, 0.25) is 0 Å². The molecule has 2 N–H and O–H groups in total. The molecule has 0 heterocycles. The number of aromatic carboxylic acids is 2. The Morgan fingerprint density at radius 2 is 1.84 bits per heavy atom. The van der Waals surface area contributed by atoms with E-state index < -0.39 is 11.9 Å². The molecule has 0 aromatic heterocycles. The molecule has 19 heavy (non-hydrogen) atoms. The van der Waals surface area contributed by atoms with Gasteiger partial charge >= 0.3 is 11.9 Å². The summed E-state index contributed by atoms with van der Waals surface area (Å²) in [6.07, 6.45) is 4.04. The minimum atomic E-state index is -1.12. The van der Waals surface area contributed by atoms with E-state index in [9.17, 15) is 9.59 Å². The van der Waals surface area contributed by atoms with Crippen LogP contribution in [0, 0.1) is 0 Å². The molecule has 5 heteroatoms. The first-order chi connectivity index (χ1) is 9.06. The van der Waals surface area contributed by atoms with Crippen molar-refractivity contribution >= 4 is 11.9 Å². The Morgan fingerprint density at radius 1 is 1.11 bits per heavy atom. The van der Waals surface area contributed by atoms with Gasteiger partial charge in [0.05, 0.1) is 12.2 Å². The predicted octanol–water partition coefficient (Wildman–Crippen LogP) is 3.04. The van der Waals surface area contributed by atoms with E-state index in [1.165, 1.54) is 18.2 Å². The van der Waals surface area contributed by atoms with Crippen molar-refractivity contribution in [1.82, 2.24) is 0 Å². The number of benzene rings is 1. The molecule has 0 aliphatic rings. The lowest BCUT2D eigenvalue weighted by Gasteiger charge is -2.09. The Balaban J connectivity index is 2.74. The fraction of sp³-hybridized carbons (Fsp3) is 0.429. The number of rotatable bonds is 8. The lowest BCUT2D eigenvalue weighted by molar-refractivity contribution is 0.0677. The Hall–Kier alpha value is -2.04. The van der Waals surface area contributed by atoms with E-state index in [0.29, 0.717) is 6.61 Å². The quantitative estimate of drug-likeness (QED) is 0.706. The van der Waals surface area contributed by atoms with Gasteiger partial charge in [-0.25, -0.2) is 9.59 Å². The van der Waals surface area contributed by atoms with Crippen molar-refractivity contribution in [2.45, 2.75) is 32.6 Å². The molecule has 0 unspecified atom stereocenters. The minimum absolute atomic E-state index is 0.0134. The maximum Gasteiger partial charge on any atom is 0.339 e. The average Bonchev–Trinajstić information content (AvgIpc) is 2.38. The molecule has 5 nitrogen and oxygen atoms in total. The third kappa shape index (κ3) is 4.62. The van der Waals surface area contributed by atoms with Crippen LogP contribution in [0.3, 0.4) is 0 Å². The highest BCUT2D eigenvalue weighted by Crippen LogP contribution is 2.21. The minimum Gasteiger partial charge on any atom is -0.493 e. The molecule has 1 aromatic rings. The summed E-state index contributed by atoms with van der Waals surface area (Å²) in [5.74, 6) is -2.11. The molecule has 0 atom stereocenters. The van der Waals surface area contributed by atoms with Crippen LogP contribution in [0.4, 0.5) is 0 Å². The maximum absolute atomic E-state index is 11.0. The summed E-state index contributed by atoms with van der Waals surface area (Å²) in [7, 11) is 0. The fourth-order valence-electron chi connectivity index (χ4n) is 1.66. The van der Waals surface area contributed by atoms with Crippen molar-refractivity contribution in [2.75, 3.05) is 6.61 Å². The fourth-order valence-corrected chi connectivity index (χ4v) is 1.66. The summed E-state index contributed by atoms with van der Waals surface area (Å²) < 4.78 is 5.39. The zero-order valence-electron chi connectivity index (χ0n) is 10.9. The summed E-state index contributed by atoms with van der Waals surface area (Å²) in [4.78, 5) is 21.9. The van der Waals surface area contributed by atoms with Gasteiger partial charge in [-0.2, -0.15) is 0 Å². The Bertz CT molecular complexity index is 453. The highest BCUT2D eigenvalue weighted by molar-refractivity contribution is 5.94. The van der Waals surface area contributed by atoms with Crippen LogP contribution in [-0.4, -0.2) is 28.8 Å². The predicted molar refractivity (Wildman–Crippen MR) is 70.0 cm³/mol. The zero-order chi connectivity index (χ0) is 14.3. The molecule has 1 aromatic carbocycles. The van der Waals surface area contributed by atoms with Crippen molar-refractivity contribution in [3.63, 3.8) is 0 Å². The molecular weight excluding hydrogens is 248 g/mol. The average molecular weight is 266 g/mol. The number of hydrogen-bond donors (Lipinski definition) is 2. The van der Waals surface area contributed by atoms with Gasteiger partial charge in [0, 0.05) is 0 Å². The molecule has 0 aliphatic carbocycles. The normalized spacial score (nSPS) is 10.2. The standard InChI is InChI=1S/C14H18O5/c1-2-3-4-5-8-19-12-9-10(13(15)16)6-7-11(12)14(17)18/h6-7,9H,2-5,8H2,1H3,(H,15,16)(H,17,18). The monoisotopic (exact) mass is 266 g/mol. The van der Waals surface area contributed by atoms with Crippen LogP contribution in [0.2, 0.25) is 0 Å². The molecule has 0 saturated heterocycles. The summed E-state index contributed by atoms with van der Waals surface area (Å²) in [6.45, 7) is 2.49. The van der Waals surface area contributed by atoms with Crippen molar-refractivity contribution in [2.24, 2.45) is 0 Å². The molecule has 0 amide bonds. The number of unbranched alkanes of at least 4 members (excludes halogenated alkanes) is 3. The summed E-state index contributed by atoms with van der Waals surface area (Å²) in [5.41, 5.74) is 0.00838. The molecule has 0 aliphatic heterocycles. The van der Waals surface area contributed by atoms with Crippen LogP contribution >= 0.6 is 0 Å². The number of carboxylic acid groups (broad SMARTS) is 2. The van der Waals surface area contributed by atoms with E-state index in [2.05, 4.69) is 6.92 Å². The van der Waals surface area contributed by atoms with Crippen LogP contribution in [-0.2, 0) is 0 Å². The van der Waals surface area contributed by atoms with Crippen LogP contribution in [0.5, 0.6) is 5.75 Å². The summed E-state index contributed by atoms with van der Waals surface area (Å²) in [6, 6.07) is 3.77. The number of carbonyl (C=O) groups is 2. The van der Waals surface area contributed by atoms with Gasteiger partial charge in [0.25, 0.3) is 0 Å². The molecule has 0 saturated carbocycles. The first-order valence-electron chi connectivity index (χ1n) is 6.29. The molecule has 0 spiro atoms. The largest absolute Gasteiger partial charge is 0.493 e. The SMILES string of the molecule is CCCCCCOc1cc(C(=O)O)ccc1C(=O)O. The number of ether oxygens (including phenoxy) is 1. The third-order valence-electron chi connectivity index (χ3n) is 2.71. The summed E-state index contributed by atoms with van der Waals surface area (Å²) >= 11 is 0. The molecule has 0 radical (unpaired) electrons. The van der Waals surface area contributed by atoms with E-state index in [1.807, 2.05) is 0 Å². The first kappa shape index (κ1) is 15.0. The van der Waals surface area contributed by atoms with Gasteiger partial charge in [-0.05, 0) is 24.6 Å². The molecule has 104 valence electrons. The van der Waals surface area contributed by atoms with Crippen LogP contribution in [0.1, 0.15) is 53.3 Å². The number of carboxylic acids is 2. The second-order valence-corrected chi connectivity index (χ2v) is 4.23. The van der Waals surface area contributed by atoms with Crippen LogP contribution in [0.25, 0.3) is 0 Å². The Kier molecular flexibility index (Phi) is 5.85. The van der Waals surface area contributed by atoms with Gasteiger partial charge in [-0.15, -0.1) is 0 Å². The Labute approximate surface area is 111 Å². The van der Waals surface area contributed by atoms with E-state index in [0.717, 1.165) is 25.7 Å².